The van der Waals surface area contributed by atoms with Gasteiger partial charge in [-0.05, 0) is 0 Å². The van der Waals surface area contributed by atoms with Gasteiger partial charge in [-0.25, -0.2) is 0 Å². The second-order valence-electron chi connectivity index (χ2n) is 10.4. The second-order valence-corrected chi connectivity index (χ2v) is 20.1. The summed E-state index contributed by atoms with van der Waals surface area (Å²) < 4.78 is 17.2. The van der Waals surface area contributed by atoms with Crippen LogP contribution in [0.25, 0.3) is 0 Å². The SMILES string of the molecule is COC(OC)[Si]CCCCCCCCOc1ccc(O)cc1P(Br)(c1ccccc1)(c1ccccc1)c1ccccc1. The maximum atomic E-state index is 10.9. The van der Waals surface area contributed by atoms with Gasteiger partial charge in [0.05, 0.1) is 0 Å². The summed E-state index contributed by atoms with van der Waals surface area (Å²) in [6, 6.07) is 38.5. The Morgan fingerprint density at radius 2 is 1.14 bits per heavy atom. The molecule has 4 rings (SSSR count). The zero-order chi connectivity index (χ0) is 29.7. The summed E-state index contributed by atoms with van der Waals surface area (Å²) in [7, 11) is 4.10. The van der Waals surface area contributed by atoms with E-state index in [-0.39, 0.29) is 11.7 Å². The predicted molar refractivity (Wildman–Crippen MR) is 183 cm³/mol. The summed E-state index contributed by atoms with van der Waals surface area (Å²) in [6.07, 6.45) is 6.99. The molecule has 2 radical (unpaired) electrons. The molecule has 4 nitrogen and oxygen atoms in total. The van der Waals surface area contributed by atoms with Gasteiger partial charge in [0, 0.05) is 14.2 Å². The first kappa shape index (κ1) is 32.4. The molecular weight excluding hydrogens is 623 g/mol. The number of phenolic OH excluding ortho intramolecular Hbond substituents is 1. The summed E-state index contributed by atoms with van der Waals surface area (Å²) in [5.41, 5.74) is 0. The van der Waals surface area contributed by atoms with Crippen molar-refractivity contribution < 1.29 is 19.3 Å². The Balaban J connectivity index is 1.56. The van der Waals surface area contributed by atoms with E-state index >= 15 is 0 Å². The van der Waals surface area contributed by atoms with E-state index in [0.717, 1.165) is 45.9 Å². The number of rotatable bonds is 17. The molecule has 0 aromatic heterocycles. The molecule has 0 saturated carbocycles. The normalized spacial score (nSPS) is 12.6. The molecule has 1 N–H and O–H groups in total. The number of hydrogen-bond acceptors (Lipinski definition) is 4. The molecular formula is C35H42BrO4PSi. The number of phenols is 1. The fourth-order valence-corrected chi connectivity index (χ4v) is 14.4. The molecule has 0 fully saturated rings. The van der Waals surface area contributed by atoms with E-state index < -0.39 is 5.31 Å². The van der Waals surface area contributed by atoms with Gasteiger partial charge in [0.15, 0.2) is 0 Å². The summed E-state index contributed by atoms with van der Waals surface area (Å²) >= 11 is 4.52. The minimum atomic E-state index is -3.50. The fourth-order valence-electron chi connectivity index (χ4n) is 5.54. The standard InChI is InChI=1S/C35H42BrO4PSi/c1-38-35(39-2)42-27-17-6-4-3-5-16-26-40-33-25-24-29(37)28-34(33)41(36,30-18-10-7-11-19-30,31-20-12-8-13-21-31)32-22-14-9-15-23-32/h7-15,18-25,28,35,37H,3-6,16-17,26-27H2,1-2H3. The van der Waals surface area contributed by atoms with Crippen molar-refractivity contribution in [3.63, 3.8) is 0 Å². The molecule has 0 aliphatic rings. The molecule has 0 heterocycles. The van der Waals surface area contributed by atoms with Gasteiger partial charge < -0.3 is 9.47 Å². The summed E-state index contributed by atoms with van der Waals surface area (Å²) in [5.74, 6) is 0.958. The van der Waals surface area contributed by atoms with Crippen LogP contribution in [0.15, 0.2) is 109 Å². The average molecular weight is 666 g/mol. The third-order valence-corrected chi connectivity index (χ3v) is 19.0. The number of unbranched alkanes of at least 4 members (excludes halogenated alkanes) is 5. The Morgan fingerprint density at radius 1 is 0.667 bits per heavy atom. The molecule has 42 heavy (non-hydrogen) atoms. The van der Waals surface area contributed by atoms with Crippen LogP contribution in [-0.2, 0) is 9.47 Å². The average Bonchev–Trinajstić information content (AvgIpc) is 3.05. The van der Waals surface area contributed by atoms with Gasteiger partial charge in [-0.2, -0.15) is 0 Å². The van der Waals surface area contributed by atoms with Crippen LogP contribution in [0.5, 0.6) is 11.5 Å². The zero-order valence-corrected chi connectivity index (χ0v) is 28.1. The van der Waals surface area contributed by atoms with E-state index in [1.807, 2.05) is 30.3 Å². The molecule has 0 saturated heterocycles. The number of methoxy groups -OCH3 is 2. The maximum absolute atomic E-state index is 10.9. The topological polar surface area (TPSA) is 47.9 Å². The van der Waals surface area contributed by atoms with Crippen molar-refractivity contribution in [1.82, 2.24) is 0 Å². The van der Waals surface area contributed by atoms with Crippen LogP contribution < -0.4 is 26.0 Å². The fraction of sp³-hybridized carbons (Fsp3) is 0.314. The number of benzene rings is 4. The monoisotopic (exact) mass is 664 g/mol. The van der Waals surface area contributed by atoms with Crippen LogP contribution in [0.1, 0.15) is 38.5 Å². The number of hydrogen-bond donors (Lipinski definition) is 1. The van der Waals surface area contributed by atoms with Gasteiger partial charge in [-0.1, -0.05) is 0 Å². The van der Waals surface area contributed by atoms with Crippen molar-refractivity contribution in [3.05, 3.63) is 109 Å². The van der Waals surface area contributed by atoms with Crippen LogP contribution in [0.2, 0.25) is 6.04 Å². The van der Waals surface area contributed by atoms with E-state index in [1.54, 1.807) is 20.3 Å². The first-order valence-electron chi connectivity index (χ1n) is 14.7. The summed E-state index contributed by atoms with van der Waals surface area (Å²) in [6.45, 7) is 0.625. The second kappa shape index (κ2) is 15.8. The molecule has 4 aromatic rings. The Labute approximate surface area is 261 Å². The third kappa shape index (κ3) is 7.18. The van der Waals surface area contributed by atoms with Crippen LogP contribution >= 0.6 is 20.8 Å². The number of aromatic hydroxyl groups is 1. The van der Waals surface area contributed by atoms with Gasteiger partial charge >= 0.3 is 233 Å². The molecule has 0 aliphatic heterocycles. The van der Waals surface area contributed by atoms with Crippen molar-refractivity contribution in [3.8, 4) is 11.5 Å². The van der Waals surface area contributed by atoms with Gasteiger partial charge in [-0.3, -0.25) is 0 Å². The molecule has 0 unspecified atom stereocenters. The predicted octanol–water partition coefficient (Wildman–Crippen LogP) is 7.28. The van der Waals surface area contributed by atoms with Crippen molar-refractivity contribution in [2.45, 2.75) is 50.5 Å². The van der Waals surface area contributed by atoms with Crippen LogP contribution in [-0.4, -0.2) is 41.4 Å². The van der Waals surface area contributed by atoms with Gasteiger partial charge in [0.2, 0.25) is 0 Å². The molecule has 0 spiro atoms. The van der Waals surface area contributed by atoms with Crippen molar-refractivity contribution >= 4 is 51.5 Å². The summed E-state index contributed by atoms with van der Waals surface area (Å²) in [4.78, 5) is 0. The molecule has 0 bridgehead atoms. The van der Waals surface area contributed by atoms with E-state index in [0.29, 0.717) is 16.1 Å². The number of ether oxygens (including phenoxy) is 3. The first-order valence-corrected chi connectivity index (χ1v) is 20.2. The van der Waals surface area contributed by atoms with Crippen molar-refractivity contribution in [2.24, 2.45) is 0 Å². The Kier molecular flexibility index (Phi) is 12.2. The minimum absolute atomic E-state index is 0.0575. The van der Waals surface area contributed by atoms with Crippen LogP contribution in [0.4, 0.5) is 0 Å². The van der Waals surface area contributed by atoms with Gasteiger partial charge in [-0.15, -0.1) is 0 Å². The van der Waals surface area contributed by atoms with Gasteiger partial charge in [0.1, 0.15) is 5.91 Å². The van der Waals surface area contributed by atoms with Gasteiger partial charge in [0.25, 0.3) is 0 Å². The molecule has 0 aliphatic carbocycles. The molecule has 0 atom stereocenters. The van der Waals surface area contributed by atoms with E-state index in [4.69, 9.17) is 14.2 Å². The number of halogens is 1. The van der Waals surface area contributed by atoms with E-state index in [2.05, 4.69) is 88.3 Å². The molecule has 0 amide bonds. The van der Waals surface area contributed by atoms with Crippen LogP contribution in [0.3, 0.4) is 0 Å². The zero-order valence-electron chi connectivity index (χ0n) is 24.6. The Morgan fingerprint density at radius 3 is 1.64 bits per heavy atom. The quantitative estimate of drug-likeness (QED) is 0.0558. The molecule has 7 heteroatoms. The molecule has 222 valence electrons. The Bertz CT molecular complexity index is 1250. The van der Waals surface area contributed by atoms with Crippen molar-refractivity contribution in [2.75, 3.05) is 20.8 Å². The summed E-state index contributed by atoms with van der Waals surface area (Å²) in [5, 5.41) is 11.8. The van der Waals surface area contributed by atoms with E-state index in [9.17, 15) is 5.11 Å². The molecule has 4 aromatic carbocycles. The third-order valence-electron chi connectivity index (χ3n) is 7.69. The Hall–Kier alpha value is -2.47. The van der Waals surface area contributed by atoms with Crippen molar-refractivity contribution in [1.29, 1.82) is 0 Å². The van der Waals surface area contributed by atoms with Crippen LogP contribution in [0, 0.1) is 0 Å². The first-order chi connectivity index (χ1) is 20.5. The van der Waals surface area contributed by atoms with E-state index in [1.165, 1.54) is 25.7 Å².